The maximum Gasteiger partial charge on any atom is 0.307 e. The van der Waals surface area contributed by atoms with E-state index in [2.05, 4.69) is 4.99 Å². The number of hydrogen-bond donors (Lipinski definition) is 2. The van der Waals surface area contributed by atoms with Crippen LogP contribution >= 0.6 is 23.2 Å². The molecular weight excluding hydrogens is 349 g/mol. The molecule has 0 unspecified atom stereocenters. The molecule has 4 nitrogen and oxygen atoms in total. The topological polar surface area (TPSA) is 69.9 Å². The van der Waals surface area contributed by atoms with E-state index in [0.717, 1.165) is 5.56 Å². The van der Waals surface area contributed by atoms with Crippen molar-refractivity contribution in [3.05, 3.63) is 63.8 Å². The van der Waals surface area contributed by atoms with Crippen LogP contribution in [0.15, 0.2) is 47.6 Å². The minimum atomic E-state index is -0.923. The van der Waals surface area contributed by atoms with Crippen molar-refractivity contribution in [2.45, 2.75) is 13.3 Å². The molecule has 0 atom stereocenters. The number of aryl methyl sites for hydroxylation is 1. The van der Waals surface area contributed by atoms with E-state index in [9.17, 15) is 9.90 Å². The fraction of sp³-hybridized carbons (Fsp3) is 0.111. The number of aliphatic imine (C=N–C) groups is 1. The van der Waals surface area contributed by atoms with Crippen molar-refractivity contribution in [1.29, 1.82) is 0 Å². The summed E-state index contributed by atoms with van der Waals surface area (Å²) in [4.78, 5) is 14.5. The molecule has 2 N–H and O–H groups in total. The van der Waals surface area contributed by atoms with E-state index < -0.39 is 5.97 Å². The molecule has 0 radical (unpaired) electrons. The third-order valence-electron chi connectivity index (χ3n) is 3.27. The quantitative estimate of drug-likeness (QED) is 0.727. The molecule has 2 aromatic rings. The normalized spacial score (nSPS) is 11.5. The number of aromatic hydroxyl groups is 1. The minimum absolute atomic E-state index is 0.0981. The van der Waals surface area contributed by atoms with Crippen molar-refractivity contribution in [2.24, 2.45) is 4.99 Å². The van der Waals surface area contributed by atoms with Crippen LogP contribution in [0, 0.1) is 6.92 Å². The highest BCUT2D eigenvalue weighted by atomic mass is 35.5. The smallest absolute Gasteiger partial charge is 0.307 e. The second-order valence-corrected chi connectivity index (χ2v) is 5.98. The predicted octanol–water partition coefficient (Wildman–Crippen LogP) is 5.08. The van der Waals surface area contributed by atoms with Crippen LogP contribution in [0.1, 0.15) is 17.5 Å². The van der Waals surface area contributed by atoms with Crippen molar-refractivity contribution in [1.82, 2.24) is 0 Å². The zero-order valence-electron chi connectivity index (χ0n) is 12.8. The number of carbonyl (C=O) groups is 1. The second kappa shape index (κ2) is 7.99. The highest BCUT2D eigenvalue weighted by molar-refractivity contribution is 6.31. The lowest BCUT2D eigenvalue weighted by atomic mass is 9.97. The van der Waals surface area contributed by atoms with E-state index >= 15 is 0 Å². The van der Waals surface area contributed by atoms with E-state index in [1.807, 2.05) is 0 Å². The number of phenolic OH excluding ortho intramolecular Hbond substituents is 1. The second-order valence-electron chi connectivity index (χ2n) is 5.11. The molecule has 0 saturated carbocycles. The Balaban J connectivity index is 2.44. The maximum absolute atomic E-state index is 10.5. The van der Waals surface area contributed by atoms with E-state index in [-0.39, 0.29) is 12.2 Å². The van der Waals surface area contributed by atoms with Crippen LogP contribution < -0.4 is 0 Å². The molecule has 124 valence electrons. The van der Waals surface area contributed by atoms with Crippen LogP contribution in [0.4, 0.5) is 0 Å². The van der Waals surface area contributed by atoms with Crippen molar-refractivity contribution in [2.75, 3.05) is 0 Å². The molecular formula is C18H15Cl2NO3. The first kappa shape index (κ1) is 18.0. The molecule has 0 fully saturated rings. The standard InChI is InChI=1S/C18H15Cl2NO3/c1-11-7-14(20)9-16(18(11)24)15-8-13(19)5-4-12(15)10-21-6-2-3-17(22)23/h2,4-10,24H,3H2,1H3,(H,22,23). The van der Waals surface area contributed by atoms with E-state index in [4.69, 9.17) is 28.3 Å². The van der Waals surface area contributed by atoms with Crippen LogP contribution in [-0.4, -0.2) is 22.4 Å². The van der Waals surface area contributed by atoms with Crippen LogP contribution in [-0.2, 0) is 4.79 Å². The molecule has 0 aliphatic carbocycles. The van der Waals surface area contributed by atoms with Crippen molar-refractivity contribution in [3.8, 4) is 16.9 Å². The van der Waals surface area contributed by atoms with Crippen LogP contribution in [0.2, 0.25) is 10.0 Å². The zero-order chi connectivity index (χ0) is 17.7. The Morgan fingerprint density at radius 2 is 1.88 bits per heavy atom. The summed E-state index contributed by atoms with van der Waals surface area (Å²) in [6.07, 6.45) is 4.32. The van der Waals surface area contributed by atoms with Crippen LogP contribution in [0.3, 0.4) is 0 Å². The lowest BCUT2D eigenvalue weighted by Crippen LogP contribution is -1.91. The van der Waals surface area contributed by atoms with Gasteiger partial charge < -0.3 is 10.2 Å². The average molecular weight is 364 g/mol. The molecule has 0 aromatic heterocycles. The summed E-state index contributed by atoms with van der Waals surface area (Å²) >= 11 is 12.2. The van der Waals surface area contributed by atoms with Gasteiger partial charge >= 0.3 is 5.97 Å². The summed E-state index contributed by atoms with van der Waals surface area (Å²) in [6, 6.07) is 8.53. The molecule has 0 aliphatic heterocycles. The number of nitrogens with zero attached hydrogens (tertiary/aromatic N) is 1. The summed E-state index contributed by atoms with van der Waals surface area (Å²) in [7, 11) is 0. The molecule has 0 spiro atoms. The Hall–Kier alpha value is -2.30. The number of halogens is 2. The first-order valence-electron chi connectivity index (χ1n) is 7.07. The van der Waals surface area contributed by atoms with Crippen molar-refractivity contribution in [3.63, 3.8) is 0 Å². The van der Waals surface area contributed by atoms with E-state index in [1.54, 1.807) is 43.5 Å². The molecule has 2 aromatic carbocycles. The summed E-state index contributed by atoms with van der Waals surface area (Å²) < 4.78 is 0. The number of carboxylic acid groups (broad SMARTS) is 1. The van der Waals surface area contributed by atoms with Crippen LogP contribution in [0.25, 0.3) is 11.1 Å². The van der Waals surface area contributed by atoms with Gasteiger partial charge in [-0.3, -0.25) is 9.79 Å². The van der Waals surface area contributed by atoms with Gasteiger partial charge in [0.15, 0.2) is 0 Å². The number of hydrogen-bond acceptors (Lipinski definition) is 3. The molecule has 0 saturated heterocycles. The SMILES string of the molecule is Cc1cc(Cl)cc(-c2cc(Cl)ccc2C=NC=CCC(=O)O)c1O. The number of aliphatic carboxylic acids is 1. The van der Waals surface area contributed by atoms with Gasteiger partial charge in [-0.25, -0.2) is 0 Å². The Bertz CT molecular complexity index is 829. The number of phenols is 1. The summed E-state index contributed by atoms with van der Waals surface area (Å²) in [5.74, 6) is -0.800. The Morgan fingerprint density at radius 3 is 2.58 bits per heavy atom. The third-order valence-corrected chi connectivity index (χ3v) is 3.72. The van der Waals surface area contributed by atoms with Gasteiger partial charge in [-0.15, -0.1) is 0 Å². The summed E-state index contributed by atoms with van der Waals surface area (Å²) in [6.45, 7) is 1.76. The zero-order valence-corrected chi connectivity index (χ0v) is 14.3. The first-order chi connectivity index (χ1) is 11.4. The van der Waals surface area contributed by atoms with E-state index in [0.29, 0.717) is 26.7 Å². The van der Waals surface area contributed by atoms with Gasteiger partial charge in [0.2, 0.25) is 0 Å². The van der Waals surface area contributed by atoms with Gasteiger partial charge in [0.1, 0.15) is 5.75 Å². The van der Waals surface area contributed by atoms with Gasteiger partial charge in [-0.1, -0.05) is 35.3 Å². The average Bonchev–Trinajstić information content (AvgIpc) is 2.51. The molecule has 0 aliphatic rings. The lowest BCUT2D eigenvalue weighted by Gasteiger charge is -2.11. The molecule has 2 rings (SSSR count). The van der Waals surface area contributed by atoms with Crippen molar-refractivity contribution >= 4 is 35.4 Å². The molecule has 0 bridgehead atoms. The van der Waals surface area contributed by atoms with Crippen molar-refractivity contribution < 1.29 is 15.0 Å². The monoisotopic (exact) mass is 363 g/mol. The fourth-order valence-corrected chi connectivity index (χ4v) is 2.60. The largest absolute Gasteiger partial charge is 0.507 e. The molecule has 6 heteroatoms. The highest BCUT2D eigenvalue weighted by Crippen LogP contribution is 2.37. The number of benzene rings is 2. The molecule has 24 heavy (non-hydrogen) atoms. The maximum atomic E-state index is 10.5. The van der Waals surface area contributed by atoms with Gasteiger partial charge in [0, 0.05) is 33.6 Å². The van der Waals surface area contributed by atoms with Gasteiger partial charge in [-0.05, 0) is 42.3 Å². The highest BCUT2D eigenvalue weighted by Gasteiger charge is 2.12. The molecule has 0 heterocycles. The van der Waals surface area contributed by atoms with Crippen LogP contribution in [0.5, 0.6) is 5.75 Å². The number of carboxylic acids is 1. The Kier molecular flexibility index (Phi) is 6.01. The summed E-state index contributed by atoms with van der Waals surface area (Å²) in [5, 5.41) is 19.9. The third kappa shape index (κ3) is 4.60. The first-order valence-corrected chi connectivity index (χ1v) is 7.83. The Labute approximate surface area is 149 Å². The van der Waals surface area contributed by atoms with Gasteiger partial charge in [0.25, 0.3) is 0 Å². The summed E-state index contributed by atoms with van der Waals surface area (Å²) in [5.41, 5.74) is 2.61. The van der Waals surface area contributed by atoms with Gasteiger partial charge in [0.05, 0.1) is 6.42 Å². The van der Waals surface area contributed by atoms with E-state index in [1.165, 1.54) is 12.3 Å². The minimum Gasteiger partial charge on any atom is -0.507 e. The Morgan fingerprint density at radius 1 is 1.17 bits per heavy atom. The predicted molar refractivity (Wildman–Crippen MR) is 97.3 cm³/mol. The fourth-order valence-electron chi connectivity index (χ4n) is 2.15. The molecule has 0 amide bonds. The lowest BCUT2D eigenvalue weighted by molar-refractivity contribution is -0.136. The number of rotatable bonds is 5. The van der Waals surface area contributed by atoms with Gasteiger partial charge in [-0.2, -0.15) is 0 Å².